The summed E-state index contributed by atoms with van der Waals surface area (Å²) in [6, 6.07) is 6.45. The second-order valence-corrected chi connectivity index (χ2v) is 4.36. The zero-order chi connectivity index (χ0) is 12.8. The van der Waals surface area contributed by atoms with E-state index in [4.69, 9.17) is 5.11 Å². The number of aryl methyl sites for hydroxylation is 2. The fourth-order valence-corrected chi connectivity index (χ4v) is 1.54. The van der Waals surface area contributed by atoms with Gasteiger partial charge in [-0.25, -0.2) is 0 Å². The van der Waals surface area contributed by atoms with Crippen LogP contribution in [0.5, 0.6) is 0 Å². The van der Waals surface area contributed by atoms with Crippen LogP contribution in [0.15, 0.2) is 47.8 Å². The average Bonchev–Trinajstić information content (AvgIpc) is 2.30. The Labute approximate surface area is 104 Å². The van der Waals surface area contributed by atoms with Crippen molar-refractivity contribution >= 4 is 6.08 Å². The van der Waals surface area contributed by atoms with Crippen molar-refractivity contribution in [3.63, 3.8) is 0 Å². The van der Waals surface area contributed by atoms with Gasteiger partial charge in [-0.3, -0.25) is 0 Å². The second-order valence-electron chi connectivity index (χ2n) is 4.36. The SMILES string of the molecule is CC(=C/C=C/O)/C(C)=C\c1ccc(C)c(C)c1. The van der Waals surface area contributed by atoms with E-state index in [-0.39, 0.29) is 0 Å². The number of aliphatic hydroxyl groups is 1. The Morgan fingerprint density at radius 3 is 2.35 bits per heavy atom. The monoisotopic (exact) mass is 228 g/mol. The summed E-state index contributed by atoms with van der Waals surface area (Å²) in [7, 11) is 0. The van der Waals surface area contributed by atoms with Gasteiger partial charge in [0.25, 0.3) is 0 Å². The minimum atomic E-state index is 1.05. The van der Waals surface area contributed by atoms with E-state index in [0.717, 1.165) is 11.8 Å². The smallest absolute Gasteiger partial charge is 0.0791 e. The van der Waals surface area contributed by atoms with Crippen molar-refractivity contribution in [1.82, 2.24) is 0 Å². The van der Waals surface area contributed by atoms with Crippen molar-refractivity contribution in [3.05, 3.63) is 64.4 Å². The third-order valence-corrected chi connectivity index (χ3v) is 2.97. The van der Waals surface area contributed by atoms with Crippen LogP contribution in [-0.2, 0) is 0 Å². The fraction of sp³-hybridized carbons (Fsp3) is 0.250. The largest absolute Gasteiger partial charge is 0.516 e. The van der Waals surface area contributed by atoms with Crippen LogP contribution < -0.4 is 0 Å². The molecule has 0 saturated carbocycles. The van der Waals surface area contributed by atoms with Gasteiger partial charge < -0.3 is 5.11 Å². The first-order chi connectivity index (χ1) is 8.04. The van der Waals surface area contributed by atoms with Gasteiger partial charge in [-0.05, 0) is 61.6 Å². The molecule has 1 aromatic rings. The van der Waals surface area contributed by atoms with E-state index in [0.29, 0.717) is 0 Å². The number of hydrogen-bond donors (Lipinski definition) is 1. The molecule has 0 aromatic heterocycles. The van der Waals surface area contributed by atoms with Crippen LogP contribution in [0.25, 0.3) is 6.08 Å². The summed E-state index contributed by atoms with van der Waals surface area (Å²) in [6.07, 6.45) is 6.73. The number of aliphatic hydroxyl groups excluding tert-OH is 1. The van der Waals surface area contributed by atoms with Gasteiger partial charge in [0.2, 0.25) is 0 Å². The molecular formula is C16H20O. The molecule has 1 heteroatoms. The first-order valence-corrected chi connectivity index (χ1v) is 5.78. The second kappa shape index (κ2) is 6.09. The van der Waals surface area contributed by atoms with E-state index in [1.165, 1.54) is 22.3 Å². The molecule has 0 spiro atoms. The number of allylic oxidation sites excluding steroid dienone is 4. The maximum absolute atomic E-state index is 8.61. The average molecular weight is 228 g/mol. The summed E-state index contributed by atoms with van der Waals surface area (Å²) in [5, 5.41) is 8.61. The molecule has 1 nitrogen and oxygen atoms in total. The highest BCUT2D eigenvalue weighted by atomic mass is 16.2. The van der Waals surface area contributed by atoms with Crippen molar-refractivity contribution in [2.45, 2.75) is 27.7 Å². The molecule has 0 radical (unpaired) electrons. The number of benzene rings is 1. The van der Waals surface area contributed by atoms with E-state index in [2.05, 4.69) is 45.0 Å². The highest BCUT2D eigenvalue weighted by molar-refractivity contribution is 5.59. The quantitative estimate of drug-likeness (QED) is 0.586. The van der Waals surface area contributed by atoms with Crippen LogP contribution in [0, 0.1) is 13.8 Å². The van der Waals surface area contributed by atoms with Crippen molar-refractivity contribution in [2.75, 3.05) is 0 Å². The Balaban J connectivity index is 2.98. The summed E-state index contributed by atoms with van der Waals surface area (Å²) in [4.78, 5) is 0. The zero-order valence-corrected chi connectivity index (χ0v) is 11.0. The van der Waals surface area contributed by atoms with Crippen molar-refractivity contribution < 1.29 is 5.11 Å². The van der Waals surface area contributed by atoms with Gasteiger partial charge in [0.05, 0.1) is 6.26 Å². The standard InChI is InChI=1S/C16H20O/c1-12(6-5-9-17)14(3)10-16-8-7-13(2)15(4)11-16/h5-11,17H,1-4H3/b9-5+,12-6-,14-10-. The molecule has 0 aliphatic carbocycles. The van der Waals surface area contributed by atoms with Gasteiger partial charge in [0, 0.05) is 0 Å². The van der Waals surface area contributed by atoms with E-state index in [1.807, 2.05) is 13.0 Å². The molecule has 17 heavy (non-hydrogen) atoms. The van der Waals surface area contributed by atoms with Crippen molar-refractivity contribution in [2.24, 2.45) is 0 Å². The Morgan fingerprint density at radius 1 is 1.06 bits per heavy atom. The van der Waals surface area contributed by atoms with Crippen LogP contribution in [0.4, 0.5) is 0 Å². The summed E-state index contributed by atoms with van der Waals surface area (Å²) < 4.78 is 0. The molecule has 1 rings (SSSR count). The number of hydrogen-bond acceptors (Lipinski definition) is 1. The van der Waals surface area contributed by atoms with Crippen molar-refractivity contribution in [3.8, 4) is 0 Å². The van der Waals surface area contributed by atoms with Crippen LogP contribution in [0.1, 0.15) is 30.5 Å². The Bertz CT molecular complexity index is 476. The molecule has 0 aliphatic rings. The maximum atomic E-state index is 8.61. The molecule has 0 aliphatic heterocycles. The van der Waals surface area contributed by atoms with E-state index in [9.17, 15) is 0 Å². The van der Waals surface area contributed by atoms with Crippen LogP contribution in [0.2, 0.25) is 0 Å². The normalized spacial score (nSPS) is 13.4. The van der Waals surface area contributed by atoms with E-state index < -0.39 is 0 Å². The molecule has 0 saturated heterocycles. The number of rotatable bonds is 3. The fourth-order valence-electron chi connectivity index (χ4n) is 1.54. The molecule has 1 N–H and O–H groups in total. The molecule has 0 fully saturated rings. The lowest BCUT2D eigenvalue weighted by molar-refractivity contribution is 0.473. The Hall–Kier alpha value is -1.76. The molecular weight excluding hydrogens is 208 g/mol. The third-order valence-electron chi connectivity index (χ3n) is 2.97. The summed E-state index contributed by atoms with van der Waals surface area (Å²) in [6.45, 7) is 8.35. The molecule has 90 valence electrons. The lowest BCUT2D eigenvalue weighted by atomic mass is 10.0. The highest BCUT2D eigenvalue weighted by Crippen LogP contribution is 2.16. The third kappa shape index (κ3) is 3.95. The molecule has 0 unspecified atom stereocenters. The Kier molecular flexibility index (Phi) is 4.77. The lowest BCUT2D eigenvalue weighted by Crippen LogP contribution is -1.84. The first-order valence-electron chi connectivity index (χ1n) is 5.78. The van der Waals surface area contributed by atoms with E-state index >= 15 is 0 Å². The molecule has 0 amide bonds. The summed E-state index contributed by atoms with van der Waals surface area (Å²) in [5.74, 6) is 0. The predicted octanol–water partition coefficient (Wildman–Crippen LogP) is 4.72. The lowest BCUT2D eigenvalue weighted by Gasteiger charge is -2.04. The minimum absolute atomic E-state index is 1.05. The predicted molar refractivity (Wildman–Crippen MR) is 75.1 cm³/mol. The molecule has 0 atom stereocenters. The summed E-state index contributed by atoms with van der Waals surface area (Å²) in [5.41, 5.74) is 6.19. The molecule has 0 bridgehead atoms. The van der Waals surface area contributed by atoms with Gasteiger partial charge in [-0.1, -0.05) is 30.4 Å². The summed E-state index contributed by atoms with van der Waals surface area (Å²) >= 11 is 0. The van der Waals surface area contributed by atoms with Gasteiger partial charge in [-0.2, -0.15) is 0 Å². The van der Waals surface area contributed by atoms with E-state index in [1.54, 1.807) is 6.08 Å². The Morgan fingerprint density at radius 2 is 1.76 bits per heavy atom. The molecule has 1 aromatic carbocycles. The van der Waals surface area contributed by atoms with Gasteiger partial charge in [-0.15, -0.1) is 0 Å². The van der Waals surface area contributed by atoms with Crippen LogP contribution >= 0.6 is 0 Å². The van der Waals surface area contributed by atoms with Crippen LogP contribution in [-0.4, -0.2) is 5.11 Å². The van der Waals surface area contributed by atoms with Gasteiger partial charge in [0.1, 0.15) is 0 Å². The molecule has 0 heterocycles. The topological polar surface area (TPSA) is 20.2 Å². The highest BCUT2D eigenvalue weighted by Gasteiger charge is 1.96. The minimum Gasteiger partial charge on any atom is -0.516 e. The zero-order valence-electron chi connectivity index (χ0n) is 11.0. The van der Waals surface area contributed by atoms with Gasteiger partial charge >= 0.3 is 0 Å². The van der Waals surface area contributed by atoms with Crippen LogP contribution in [0.3, 0.4) is 0 Å². The first kappa shape index (κ1) is 13.3. The maximum Gasteiger partial charge on any atom is 0.0791 e. The van der Waals surface area contributed by atoms with Crippen molar-refractivity contribution in [1.29, 1.82) is 0 Å². The van der Waals surface area contributed by atoms with Gasteiger partial charge in [0.15, 0.2) is 0 Å².